The van der Waals surface area contributed by atoms with Crippen molar-refractivity contribution < 1.29 is 23.7 Å². The molecule has 0 aromatic heterocycles. The van der Waals surface area contributed by atoms with E-state index in [2.05, 4.69) is 84.9 Å². The Bertz CT molecular complexity index is 2420. The highest BCUT2D eigenvalue weighted by atomic mass is 16.5. The first kappa shape index (κ1) is 34.5. The smallest absolute Gasteiger partial charge is 0.343 e. The van der Waals surface area contributed by atoms with Crippen LogP contribution in [0.5, 0.6) is 23.0 Å². The van der Waals surface area contributed by atoms with Gasteiger partial charge in [0.2, 0.25) is 0 Å². The van der Waals surface area contributed by atoms with Crippen LogP contribution in [-0.4, -0.2) is 26.3 Å². The molecule has 5 nitrogen and oxygen atoms in total. The maximum Gasteiger partial charge on any atom is 0.343 e. The first-order valence-electron chi connectivity index (χ1n) is 18.3. The fourth-order valence-corrected chi connectivity index (χ4v) is 7.91. The molecule has 0 fully saturated rings. The molecule has 7 aromatic rings. The topological polar surface area (TPSA) is 54.0 Å². The van der Waals surface area contributed by atoms with Crippen LogP contribution in [0, 0.1) is 0 Å². The normalized spacial score (nSPS) is 12.4. The summed E-state index contributed by atoms with van der Waals surface area (Å²) in [6.45, 7) is 4.99. The summed E-state index contributed by atoms with van der Waals surface area (Å²) in [5.74, 6) is 2.24. The number of para-hydroxylation sites is 2. The number of methoxy groups -OCH3 is 1. The minimum atomic E-state index is -0.772. The lowest BCUT2D eigenvalue weighted by Gasteiger charge is -2.35. The largest absolute Gasteiger partial charge is 0.496 e. The lowest BCUT2D eigenvalue weighted by molar-refractivity contribution is 0.0735. The van der Waals surface area contributed by atoms with Crippen LogP contribution in [0.25, 0.3) is 33.4 Å². The SMILES string of the molecule is CCOc1ccccc1-c1cc(C2(c3ccc(OC(=O)c4ccccc4)c(-c4ccccc4OCC)c3)c3ccccc3-c3ccccc32)ccc1OC. The van der Waals surface area contributed by atoms with Gasteiger partial charge in [0.25, 0.3) is 0 Å². The summed E-state index contributed by atoms with van der Waals surface area (Å²) in [6, 6.07) is 55.0. The molecular formula is C49H40O5. The zero-order valence-electron chi connectivity index (χ0n) is 30.5. The summed E-state index contributed by atoms with van der Waals surface area (Å²) < 4.78 is 24.6. The summed E-state index contributed by atoms with van der Waals surface area (Å²) in [5, 5.41) is 0. The zero-order valence-corrected chi connectivity index (χ0v) is 30.5. The van der Waals surface area contributed by atoms with Gasteiger partial charge in [0.1, 0.15) is 23.0 Å². The zero-order chi connectivity index (χ0) is 37.1. The molecule has 54 heavy (non-hydrogen) atoms. The van der Waals surface area contributed by atoms with Crippen LogP contribution < -0.4 is 18.9 Å². The van der Waals surface area contributed by atoms with Gasteiger partial charge in [0.15, 0.2) is 0 Å². The number of hydrogen-bond donors (Lipinski definition) is 0. The minimum Gasteiger partial charge on any atom is -0.496 e. The number of hydrogen-bond acceptors (Lipinski definition) is 5. The van der Waals surface area contributed by atoms with Gasteiger partial charge in [-0.2, -0.15) is 0 Å². The molecule has 5 heteroatoms. The van der Waals surface area contributed by atoms with Gasteiger partial charge in [-0.3, -0.25) is 0 Å². The Morgan fingerprint density at radius 2 is 0.907 bits per heavy atom. The summed E-state index contributed by atoms with van der Waals surface area (Å²) in [4.78, 5) is 13.6. The van der Waals surface area contributed by atoms with Gasteiger partial charge in [0, 0.05) is 22.3 Å². The number of ether oxygens (including phenoxy) is 4. The van der Waals surface area contributed by atoms with Gasteiger partial charge in [-0.05, 0) is 95.8 Å². The first-order chi connectivity index (χ1) is 26.6. The summed E-state index contributed by atoms with van der Waals surface area (Å²) in [5.41, 5.74) is 9.84. The van der Waals surface area contributed by atoms with Crippen molar-refractivity contribution in [1.29, 1.82) is 0 Å². The monoisotopic (exact) mass is 708 g/mol. The van der Waals surface area contributed by atoms with Crippen molar-refractivity contribution in [3.05, 3.63) is 192 Å². The number of benzene rings is 7. The lowest BCUT2D eigenvalue weighted by atomic mass is 9.67. The maximum absolute atomic E-state index is 13.6. The van der Waals surface area contributed by atoms with Crippen molar-refractivity contribution in [3.8, 4) is 56.4 Å². The van der Waals surface area contributed by atoms with E-state index < -0.39 is 11.4 Å². The molecule has 0 saturated carbocycles. The Morgan fingerprint density at radius 3 is 1.43 bits per heavy atom. The molecule has 0 saturated heterocycles. The van der Waals surface area contributed by atoms with Crippen LogP contribution in [0.4, 0.5) is 0 Å². The molecule has 0 radical (unpaired) electrons. The van der Waals surface area contributed by atoms with Crippen molar-refractivity contribution >= 4 is 5.97 Å². The average molecular weight is 709 g/mol. The van der Waals surface area contributed by atoms with Gasteiger partial charge >= 0.3 is 5.97 Å². The molecule has 266 valence electrons. The molecular weight excluding hydrogens is 669 g/mol. The molecule has 0 bridgehead atoms. The Hall–Kier alpha value is -6.59. The molecule has 0 atom stereocenters. The van der Waals surface area contributed by atoms with Crippen LogP contribution in [0.1, 0.15) is 46.5 Å². The molecule has 0 heterocycles. The Labute approximate surface area is 316 Å². The van der Waals surface area contributed by atoms with Crippen LogP contribution in [0.3, 0.4) is 0 Å². The summed E-state index contributed by atoms with van der Waals surface area (Å²) in [7, 11) is 1.70. The van der Waals surface area contributed by atoms with Gasteiger partial charge in [0.05, 0.1) is 31.3 Å². The molecule has 0 amide bonds. The van der Waals surface area contributed by atoms with Gasteiger partial charge in [-0.15, -0.1) is 0 Å². The molecule has 0 spiro atoms. The summed E-state index contributed by atoms with van der Waals surface area (Å²) in [6.07, 6.45) is 0. The quantitative estimate of drug-likeness (QED) is 0.0989. The van der Waals surface area contributed by atoms with E-state index in [4.69, 9.17) is 18.9 Å². The van der Waals surface area contributed by atoms with Gasteiger partial charge in [-0.1, -0.05) is 115 Å². The highest BCUT2D eigenvalue weighted by molar-refractivity contribution is 5.93. The van der Waals surface area contributed by atoms with Gasteiger partial charge in [-0.25, -0.2) is 4.79 Å². The molecule has 1 aliphatic rings. The third kappa shape index (κ3) is 5.88. The third-order valence-corrected chi connectivity index (χ3v) is 10.2. The molecule has 0 N–H and O–H groups in total. The van der Waals surface area contributed by atoms with E-state index in [1.807, 2.05) is 80.6 Å². The fourth-order valence-electron chi connectivity index (χ4n) is 7.91. The maximum atomic E-state index is 13.6. The van der Waals surface area contributed by atoms with Crippen LogP contribution >= 0.6 is 0 Å². The lowest BCUT2D eigenvalue weighted by Crippen LogP contribution is -2.29. The predicted octanol–water partition coefficient (Wildman–Crippen LogP) is 11.4. The predicted molar refractivity (Wildman–Crippen MR) is 215 cm³/mol. The van der Waals surface area contributed by atoms with E-state index in [1.165, 1.54) is 0 Å². The van der Waals surface area contributed by atoms with E-state index in [-0.39, 0.29) is 0 Å². The molecule has 0 unspecified atom stereocenters. The van der Waals surface area contributed by atoms with E-state index in [0.717, 1.165) is 67.1 Å². The summed E-state index contributed by atoms with van der Waals surface area (Å²) >= 11 is 0. The Balaban J connectivity index is 1.43. The second-order valence-electron chi connectivity index (χ2n) is 13.1. The van der Waals surface area contributed by atoms with E-state index >= 15 is 0 Å². The van der Waals surface area contributed by atoms with Crippen molar-refractivity contribution in [2.45, 2.75) is 19.3 Å². The Morgan fingerprint density at radius 1 is 0.463 bits per heavy atom. The highest BCUT2D eigenvalue weighted by Crippen LogP contribution is 2.58. The van der Waals surface area contributed by atoms with Crippen LogP contribution in [0.2, 0.25) is 0 Å². The number of fused-ring (bicyclic) bond motifs is 3. The number of carbonyl (C=O) groups excluding carboxylic acids is 1. The van der Waals surface area contributed by atoms with Gasteiger partial charge < -0.3 is 18.9 Å². The minimum absolute atomic E-state index is 0.433. The van der Waals surface area contributed by atoms with Crippen molar-refractivity contribution in [1.82, 2.24) is 0 Å². The molecule has 1 aliphatic carbocycles. The van der Waals surface area contributed by atoms with Crippen molar-refractivity contribution in [3.63, 3.8) is 0 Å². The second-order valence-corrected chi connectivity index (χ2v) is 13.1. The van der Waals surface area contributed by atoms with Crippen LogP contribution in [0.15, 0.2) is 164 Å². The standard InChI is InChI=1S/C49H40O5/c1-4-52-45-25-15-11-21-38(45)40-31-34(27-29-44(40)51-3)49(42-23-13-9-19-36(42)37-20-10-14-24-43(37)49)35-28-30-47(54-48(50)33-17-7-6-8-18-33)41(32-35)39-22-12-16-26-46(39)53-5-2/h6-32H,4-5H2,1-3H3. The van der Waals surface area contributed by atoms with Crippen molar-refractivity contribution in [2.24, 2.45) is 0 Å². The third-order valence-electron chi connectivity index (χ3n) is 10.2. The molecule has 7 aromatic carbocycles. The first-order valence-corrected chi connectivity index (χ1v) is 18.3. The molecule has 0 aliphatic heterocycles. The second kappa shape index (κ2) is 14.8. The van der Waals surface area contributed by atoms with Crippen LogP contribution in [-0.2, 0) is 5.41 Å². The average Bonchev–Trinajstić information content (AvgIpc) is 3.53. The van der Waals surface area contributed by atoms with Crippen molar-refractivity contribution in [2.75, 3.05) is 20.3 Å². The van der Waals surface area contributed by atoms with E-state index in [0.29, 0.717) is 30.3 Å². The van der Waals surface area contributed by atoms with E-state index in [9.17, 15) is 4.79 Å². The highest BCUT2D eigenvalue weighted by Gasteiger charge is 2.46. The number of rotatable bonds is 11. The van der Waals surface area contributed by atoms with E-state index in [1.54, 1.807) is 19.2 Å². The Kier molecular flexibility index (Phi) is 9.45. The fraction of sp³-hybridized carbons (Fsp3) is 0.122. The molecule has 8 rings (SSSR count). The number of esters is 1. The number of carbonyl (C=O) groups is 1.